The van der Waals surface area contributed by atoms with E-state index < -0.39 is 0 Å². The third-order valence-electron chi connectivity index (χ3n) is 4.38. The molecule has 0 amide bonds. The van der Waals surface area contributed by atoms with Gasteiger partial charge in [-0.3, -0.25) is 14.8 Å². The topological polar surface area (TPSA) is 77.7 Å². The van der Waals surface area contributed by atoms with Crippen molar-refractivity contribution in [2.75, 3.05) is 6.54 Å². The van der Waals surface area contributed by atoms with Crippen molar-refractivity contribution < 1.29 is 0 Å². The first kappa shape index (κ1) is 15.0. The minimum absolute atomic E-state index is 0.0130. The van der Waals surface area contributed by atoms with Crippen LogP contribution in [0, 0.1) is 13.8 Å². The van der Waals surface area contributed by atoms with E-state index >= 15 is 0 Å². The van der Waals surface area contributed by atoms with Gasteiger partial charge < -0.3 is 4.98 Å². The molecular formula is C16H23N5O. The lowest BCUT2D eigenvalue weighted by molar-refractivity contribution is 0.240. The summed E-state index contributed by atoms with van der Waals surface area (Å²) in [4.78, 5) is 22.2. The Bertz CT molecular complexity index is 724. The van der Waals surface area contributed by atoms with Crippen LogP contribution in [0.5, 0.6) is 0 Å². The molecule has 6 heteroatoms. The maximum Gasteiger partial charge on any atom is 0.255 e. The minimum atomic E-state index is 0.0130. The number of H-pyrrole nitrogens is 2. The summed E-state index contributed by atoms with van der Waals surface area (Å²) in [6.07, 6.45) is 0.828. The highest BCUT2D eigenvalue weighted by atomic mass is 16.1. The fourth-order valence-electron chi connectivity index (χ4n) is 2.94. The third-order valence-corrected chi connectivity index (χ3v) is 4.38. The van der Waals surface area contributed by atoms with Crippen molar-refractivity contribution in [1.29, 1.82) is 0 Å². The zero-order valence-corrected chi connectivity index (χ0v) is 13.7. The summed E-state index contributed by atoms with van der Waals surface area (Å²) < 4.78 is 0. The zero-order valence-electron chi connectivity index (χ0n) is 13.7. The van der Waals surface area contributed by atoms with Crippen LogP contribution >= 0.6 is 0 Å². The third kappa shape index (κ3) is 2.70. The molecule has 0 unspecified atom stereocenters. The SMILES string of the molecule is Cc1n[nH]c(C)c1CN1CCc2nc(C(C)C)[nH]c(=O)c2C1. The molecule has 0 aromatic carbocycles. The average molecular weight is 301 g/mol. The van der Waals surface area contributed by atoms with E-state index in [1.54, 1.807) is 0 Å². The fraction of sp³-hybridized carbons (Fsp3) is 0.562. The standard InChI is InChI=1S/C16H23N5O/c1-9(2)15-17-14-5-6-21(8-13(14)16(22)18-15)7-12-10(3)19-20-11(12)4/h9H,5-8H2,1-4H3,(H,19,20)(H,17,18,22). The molecule has 2 N–H and O–H groups in total. The van der Waals surface area contributed by atoms with Crippen molar-refractivity contribution in [3.05, 3.63) is 44.4 Å². The van der Waals surface area contributed by atoms with Crippen LogP contribution in [-0.2, 0) is 19.5 Å². The zero-order chi connectivity index (χ0) is 15.9. The molecule has 0 radical (unpaired) electrons. The number of aromatic nitrogens is 4. The Morgan fingerprint density at radius 3 is 2.73 bits per heavy atom. The van der Waals surface area contributed by atoms with Crippen LogP contribution in [-0.4, -0.2) is 31.6 Å². The van der Waals surface area contributed by atoms with Crippen molar-refractivity contribution in [2.24, 2.45) is 0 Å². The van der Waals surface area contributed by atoms with Crippen molar-refractivity contribution in [1.82, 2.24) is 25.1 Å². The van der Waals surface area contributed by atoms with E-state index in [9.17, 15) is 4.79 Å². The van der Waals surface area contributed by atoms with Crippen molar-refractivity contribution in [3.63, 3.8) is 0 Å². The predicted molar refractivity (Wildman–Crippen MR) is 84.8 cm³/mol. The number of rotatable bonds is 3. The maximum absolute atomic E-state index is 12.3. The number of aromatic amines is 2. The van der Waals surface area contributed by atoms with Crippen LogP contribution in [0.25, 0.3) is 0 Å². The van der Waals surface area contributed by atoms with E-state index in [2.05, 4.69) is 25.1 Å². The summed E-state index contributed by atoms with van der Waals surface area (Å²) in [6.45, 7) is 10.5. The van der Waals surface area contributed by atoms with Gasteiger partial charge in [0.05, 0.1) is 17.0 Å². The van der Waals surface area contributed by atoms with Crippen molar-refractivity contribution >= 4 is 0 Å². The first-order valence-corrected chi connectivity index (χ1v) is 7.80. The monoisotopic (exact) mass is 301 g/mol. The highest BCUT2D eigenvalue weighted by Crippen LogP contribution is 2.20. The van der Waals surface area contributed by atoms with Gasteiger partial charge in [0.15, 0.2) is 0 Å². The van der Waals surface area contributed by atoms with Crippen LogP contribution in [0.1, 0.15) is 53.8 Å². The van der Waals surface area contributed by atoms with E-state index in [1.807, 2.05) is 27.7 Å². The first-order chi connectivity index (χ1) is 10.5. The number of hydrogen-bond donors (Lipinski definition) is 2. The van der Waals surface area contributed by atoms with Gasteiger partial charge >= 0.3 is 0 Å². The second kappa shape index (κ2) is 5.68. The number of aryl methyl sites for hydroxylation is 2. The van der Waals surface area contributed by atoms with Gasteiger partial charge in [-0.05, 0) is 13.8 Å². The molecule has 2 aromatic heterocycles. The van der Waals surface area contributed by atoms with E-state index in [-0.39, 0.29) is 11.5 Å². The van der Waals surface area contributed by atoms with Gasteiger partial charge in [-0.25, -0.2) is 4.98 Å². The predicted octanol–water partition coefficient (Wildman–Crippen LogP) is 1.79. The minimum Gasteiger partial charge on any atom is -0.310 e. The molecule has 6 nitrogen and oxygen atoms in total. The molecule has 0 spiro atoms. The Hall–Kier alpha value is -1.95. The smallest absolute Gasteiger partial charge is 0.255 e. The number of nitrogens with one attached hydrogen (secondary N) is 2. The molecule has 0 bridgehead atoms. The molecule has 3 heterocycles. The van der Waals surface area contributed by atoms with Crippen LogP contribution in [0.3, 0.4) is 0 Å². The highest BCUT2D eigenvalue weighted by molar-refractivity contribution is 5.25. The van der Waals surface area contributed by atoms with Crippen LogP contribution in [0.2, 0.25) is 0 Å². The lowest BCUT2D eigenvalue weighted by Crippen LogP contribution is -2.36. The Kier molecular flexibility index (Phi) is 3.87. The number of hydrogen-bond acceptors (Lipinski definition) is 4. The van der Waals surface area contributed by atoms with Crippen molar-refractivity contribution in [3.8, 4) is 0 Å². The summed E-state index contributed by atoms with van der Waals surface area (Å²) in [6, 6.07) is 0. The van der Waals surface area contributed by atoms with E-state index in [0.717, 1.165) is 48.0 Å². The second-order valence-electron chi connectivity index (χ2n) is 6.40. The quantitative estimate of drug-likeness (QED) is 0.906. The Labute approximate surface area is 130 Å². The fourth-order valence-corrected chi connectivity index (χ4v) is 2.94. The summed E-state index contributed by atoms with van der Waals surface area (Å²) in [5, 5.41) is 7.26. The average Bonchev–Trinajstić information content (AvgIpc) is 2.79. The molecule has 0 aliphatic carbocycles. The molecular weight excluding hydrogens is 278 g/mol. The van der Waals surface area contributed by atoms with E-state index in [4.69, 9.17) is 0 Å². The van der Waals surface area contributed by atoms with Crippen molar-refractivity contribution in [2.45, 2.75) is 53.1 Å². The molecule has 3 rings (SSSR count). The molecule has 0 saturated carbocycles. The normalized spacial score (nSPS) is 15.3. The van der Waals surface area contributed by atoms with Crippen LogP contribution < -0.4 is 5.56 Å². The molecule has 1 aliphatic heterocycles. The molecule has 0 atom stereocenters. The second-order valence-corrected chi connectivity index (χ2v) is 6.40. The lowest BCUT2D eigenvalue weighted by atomic mass is 10.0. The van der Waals surface area contributed by atoms with Gasteiger partial charge in [-0.1, -0.05) is 13.8 Å². The molecule has 2 aromatic rings. The molecule has 118 valence electrons. The summed E-state index contributed by atoms with van der Waals surface area (Å²) in [5.41, 5.74) is 5.15. The number of nitrogens with zero attached hydrogens (tertiary/aromatic N) is 3. The largest absolute Gasteiger partial charge is 0.310 e. The summed E-state index contributed by atoms with van der Waals surface area (Å²) >= 11 is 0. The number of fused-ring (bicyclic) bond motifs is 1. The molecule has 0 saturated heterocycles. The Morgan fingerprint density at radius 1 is 1.32 bits per heavy atom. The lowest BCUT2D eigenvalue weighted by Gasteiger charge is -2.28. The van der Waals surface area contributed by atoms with Gasteiger partial charge in [0, 0.05) is 43.2 Å². The molecule has 22 heavy (non-hydrogen) atoms. The molecule has 1 aliphatic rings. The van der Waals surface area contributed by atoms with E-state index in [1.165, 1.54) is 5.56 Å². The van der Waals surface area contributed by atoms with Gasteiger partial charge in [0.1, 0.15) is 5.82 Å². The van der Waals surface area contributed by atoms with Crippen LogP contribution in [0.4, 0.5) is 0 Å². The maximum atomic E-state index is 12.3. The first-order valence-electron chi connectivity index (χ1n) is 7.80. The van der Waals surface area contributed by atoms with Gasteiger partial charge in [-0.15, -0.1) is 0 Å². The molecule has 0 fully saturated rings. The van der Waals surface area contributed by atoms with Gasteiger partial charge in [0.2, 0.25) is 0 Å². The Balaban J connectivity index is 1.84. The summed E-state index contributed by atoms with van der Waals surface area (Å²) in [7, 11) is 0. The Morgan fingerprint density at radius 2 is 2.09 bits per heavy atom. The summed E-state index contributed by atoms with van der Waals surface area (Å²) in [5.74, 6) is 1.03. The van der Waals surface area contributed by atoms with Crippen LogP contribution in [0.15, 0.2) is 4.79 Å². The highest BCUT2D eigenvalue weighted by Gasteiger charge is 2.23. The van der Waals surface area contributed by atoms with Gasteiger partial charge in [0.25, 0.3) is 5.56 Å². The van der Waals surface area contributed by atoms with E-state index in [0.29, 0.717) is 6.54 Å². The van der Waals surface area contributed by atoms with Gasteiger partial charge in [-0.2, -0.15) is 5.10 Å².